The van der Waals surface area contributed by atoms with Crippen LogP contribution in [-0.2, 0) is 0 Å². The van der Waals surface area contributed by atoms with Crippen molar-refractivity contribution in [2.24, 2.45) is 0 Å². The van der Waals surface area contributed by atoms with Gasteiger partial charge in [0.05, 0.1) is 5.52 Å². The standard InChI is InChI=1S/C14H18ClN3/c1-10-8-14(16-6-7-18(2)3)12-9-11(15)4-5-13(12)17-10/h4-5,8-9H,6-7H2,1-3H3,(H,16,17). The van der Waals surface area contributed by atoms with Crippen LogP contribution in [0.1, 0.15) is 5.69 Å². The van der Waals surface area contributed by atoms with Gasteiger partial charge in [0.15, 0.2) is 0 Å². The van der Waals surface area contributed by atoms with Gasteiger partial charge in [0.25, 0.3) is 0 Å². The molecule has 4 heteroatoms. The zero-order valence-electron chi connectivity index (χ0n) is 11.0. The summed E-state index contributed by atoms with van der Waals surface area (Å²) in [4.78, 5) is 6.66. The SMILES string of the molecule is Cc1cc(NCCN(C)C)c2cc(Cl)ccc2n1. The van der Waals surface area contributed by atoms with Gasteiger partial charge in [-0.2, -0.15) is 0 Å². The van der Waals surface area contributed by atoms with E-state index in [1.54, 1.807) is 0 Å². The second-order valence-corrected chi connectivity index (χ2v) is 5.14. The lowest BCUT2D eigenvalue weighted by Crippen LogP contribution is -2.20. The topological polar surface area (TPSA) is 28.2 Å². The Hall–Kier alpha value is -1.32. The highest BCUT2D eigenvalue weighted by Gasteiger charge is 2.04. The number of anilines is 1. The number of aryl methyl sites for hydroxylation is 1. The Morgan fingerprint density at radius 2 is 2.06 bits per heavy atom. The van der Waals surface area contributed by atoms with Gasteiger partial charge in [-0.15, -0.1) is 0 Å². The largest absolute Gasteiger partial charge is 0.383 e. The van der Waals surface area contributed by atoms with Crippen LogP contribution in [0.5, 0.6) is 0 Å². The Labute approximate surface area is 113 Å². The van der Waals surface area contributed by atoms with Crippen molar-refractivity contribution in [3.63, 3.8) is 0 Å². The first-order valence-corrected chi connectivity index (χ1v) is 6.39. The highest BCUT2D eigenvalue weighted by Crippen LogP contribution is 2.26. The predicted octanol–water partition coefficient (Wildman–Crippen LogP) is 3.17. The number of hydrogen-bond donors (Lipinski definition) is 1. The third-order valence-electron chi connectivity index (χ3n) is 2.77. The van der Waals surface area contributed by atoms with Gasteiger partial charge in [-0.1, -0.05) is 11.6 Å². The molecule has 1 aromatic heterocycles. The Bertz CT molecular complexity index is 552. The van der Waals surface area contributed by atoms with E-state index in [4.69, 9.17) is 11.6 Å². The lowest BCUT2D eigenvalue weighted by atomic mass is 10.1. The van der Waals surface area contributed by atoms with Gasteiger partial charge in [0, 0.05) is 34.9 Å². The van der Waals surface area contributed by atoms with Crippen molar-refractivity contribution in [2.45, 2.75) is 6.92 Å². The van der Waals surface area contributed by atoms with Crippen LogP contribution in [0.3, 0.4) is 0 Å². The van der Waals surface area contributed by atoms with Crippen molar-refractivity contribution in [3.05, 3.63) is 35.0 Å². The zero-order valence-corrected chi connectivity index (χ0v) is 11.8. The molecule has 0 unspecified atom stereocenters. The smallest absolute Gasteiger partial charge is 0.0726 e. The second kappa shape index (κ2) is 5.55. The van der Waals surface area contributed by atoms with Crippen molar-refractivity contribution < 1.29 is 0 Å². The number of nitrogens with one attached hydrogen (secondary N) is 1. The fourth-order valence-electron chi connectivity index (χ4n) is 1.89. The van der Waals surface area contributed by atoms with Crippen molar-refractivity contribution in [1.29, 1.82) is 0 Å². The molecule has 0 aliphatic heterocycles. The van der Waals surface area contributed by atoms with Crippen LogP contribution < -0.4 is 5.32 Å². The van der Waals surface area contributed by atoms with Crippen LogP contribution in [-0.4, -0.2) is 37.1 Å². The minimum Gasteiger partial charge on any atom is -0.383 e. The summed E-state index contributed by atoms with van der Waals surface area (Å²) in [5, 5.41) is 5.26. The van der Waals surface area contributed by atoms with Crippen molar-refractivity contribution >= 4 is 28.2 Å². The van der Waals surface area contributed by atoms with Crippen LogP contribution in [0, 0.1) is 6.92 Å². The minimum atomic E-state index is 0.740. The molecule has 1 heterocycles. The summed E-state index contributed by atoms with van der Waals surface area (Å²) >= 11 is 6.05. The first-order valence-electron chi connectivity index (χ1n) is 6.02. The minimum absolute atomic E-state index is 0.740. The molecule has 0 aliphatic rings. The fraction of sp³-hybridized carbons (Fsp3) is 0.357. The maximum absolute atomic E-state index is 6.05. The molecule has 0 amide bonds. The third-order valence-corrected chi connectivity index (χ3v) is 3.01. The number of nitrogens with zero attached hydrogens (tertiary/aromatic N) is 2. The molecular weight excluding hydrogens is 246 g/mol. The molecule has 0 spiro atoms. The van der Waals surface area contributed by atoms with Crippen LogP contribution in [0.4, 0.5) is 5.69 Å². The van der Waals surface area contributed by atoms with Crippen LogP contribution >= 0.6 is 11.6 Å². The molecule has 0 aliphatic carbocycles. The number of hydrogen-bond acceptors (Lipinski definition) is 3. The van der Waals surface area contributed by atoms with E-state index in [-0.39, 0.29) is 0 Å². The predicted molar refractivity (Wildman–Crippen MR) is 78.5 cm³/mol. The van der Waals surface area contributed by atoms with Gasteiger partial charge in [0.1, 0.15) is 0 Å². The first kappa shape index (κ1) is 13.1. The molecule has 0 bridgehead atoms. The molecule has 0 saturated heterocycles. The molecule has 0 saturated carbocycles. The van der Waals surface area contributed by atoms with Crippen LogP contribution in [0.15, 0.2) is 24.3 Å². The van der Waals surface area contributed by atoms with Crippen LogP contribution in [0.25, 0.3) is 10.9 Å². The maximum Gasteiger partial charge on any atom is 0.0726 e. The molecule has 1 aromatic carbocycles. The van der Waals surface area contributed by atoms with Crippen LogP contribution in [0.2, 0.25) is 5.02 Å². The van der Waals surface area contributed by atoms with Gasteiger partial charge >= 0.3 is 0 Å². The second-order valence-electron chi connectivity index (χ2n) is 4.70. The Morgan fingerprint density at radius 3 is 2.78 bits per heavy atom. The molecule has 18 heavy (non-hydrogen) atoms. The van der Waals surface area contributed by atoms with Gasteiger partial charge in [-0.25, -0.2) is 0 Å². The van der Waals surface area contributed by atoms with E-state index < -0.39 is 0 Å². The van der Waals surface area contributed by atoms with Gasteiger partial charge < -0.3 is 10.2 Å². The van der Waals surface area contributed by atoms with Gasteiger partial charge in [-0.05, 0) is 45.3 Å². The van der Waals surface area contributed by atoms with Gasteiger partial charge in [-0.3, -0.25) is 4.98 Å². The molecule has 3 nitrogen and oxygen atoms in total. The average Bonchev–Trinajstić information content (AvgIpc) is 2.29. The van der Waals surface area contributed by atoms with Crippen molar-refractivity contribution in [2.75, 3.05) is 32.5 Å². The number of fused-ring (bicyclic) bond motifs is 1. The van der Waals surface area contributed by atoms with Crippen molar-refractivity contribution in [3.8, 4) is 0 Å². The van der Waals surface area contributed by atoms with E-state index in [1.807, 2.05) is 25.1 Å². The van der Waals surface area contributed by atoms with E-state index in [0.29, 0.717) is 0 Å². The quantitative estimate of drug-likeness (QED) is 0.918. The lowest BCUT2D eigenvalue weighted by molar-refractivity contribution is 0.425. The highest BCUT2D eigenvalue weighted by atomic mass is 35.5. The summed E-state index contributed by atoms with van der Waals surface area (Å²) in [5.74, 6) is 0. The summed E-state index contributed by atoms with van der Waals surface area (Å²) in [6, 6.07) is 7.86. The third kappa shape index (κ3) is 3.12. The number of halogens is 1. The Kier molecular flexibility index (Phi) is 4.04. The lowest BCUT2D eigenvalue weighted by Gasteiger charge is -2.13. The summed E-state index contributed by atoms with van der Waals surface area (Å²) in [6.07, 6.45) is 0. The monoisotopic (exact) mass is 263 g/mol. The molecular formula is C14H18ClN3. The average molecular weight is 264 g/mol. The summed E-state index contributed by atoms with van der Waals surface area (Å²) in [7, 11) is 4.13. The maximum atomic E-state index is 6.05. The summed E-state index contributed by atoms with van der Waals surface area (Å²) in [6.45, 7) is 3.90. The van der Waals surface area contributed by atoms with E-state index in [1.165, 1.54) is 0 Å². The highest BCUT2D eigenvalue weighted by molar-refractivity contribution is 6.31. The molecule has 1 N–H and O–H groups in total. The molecule has 2 rings (SSSR count). The normalized spacial score (nSPS) is 11.2. The summed E-state index contributed by atoms with van der Waals surface area (Å²) in [5.41, 5.74) is 3.09. The first-order chi connectivity index (χ1) is 8.56. The molecule has 0 fully saturated rings. The zero-order chi connectivity index (χ0) is 13.1. The van der Waals surface area contributed by atoms with Gasteiger partial charge in [0.2, 0.25) is 0 Å². The van der Waals surface area contributed by atoms with Crippen molar-refractivity contribution in [1.82, 2.24) is 9.88 Å². The number of likely N-dealkylation sites (N-methyl/N-ethyl adjacent to an activating group) is 1. The number of rotatable bonds is 4. The number of pyridine rings is 1. The van der Waals surface area contributed by atoms with E-state index in [0.717, 1.165) is 40.4 Å². The molecule has 0 radical (unpaired) electrons. The van der Waals surface area contributed by atoms with E-state index in [9.17, 15) is 0 Å². The molecule has 0 atom stereocenters. The summed E-state index contributed by atoms with van der Waals surface area (Å²) < 4.78 is 0. The number of aromatic nitrogens is 1. The molecule has 2 aromatic rings. The Morgan fingerprint density at radius 1 is 1.28 bits per heavy atom. The number of benzene rings is 1. The van der Waals surface area contributed by atoms with E-state index in [2.05, 4.69) is 35.4 Å². The Balaban J connectivity index is 2.32. The fourth-order valence-corrected chi connectivity index (χ4v) is 2.06. The van der Waals surface area contributed by atoms with E-state index >= 15 is 0 Å². The molecule has 96 valence electrons.